The maximum absolute atomic E-state index is 12.5. The number of pyridine rings is 1. The second kappa shape index (κ2) is 5.19. The van der Waals surface area contributed by atoms with Crippen molar-refractivity contribution in [2.75, 3.05) is 25.5 Å². The zero-order valence-corrected chi connectivity index (χ0v) is 12.3. The molecule has 1 N–H and O–H groups in total. The van der Waals surface area contributed by atoms with Crippen molar-refractivity contribution >= 4 is 11.7 Å². The third-order valence-corrected chi connectivity index (χ3v) is 3.49. The predicted octanol–water partition coefficient (Wildman–Crippen LogP) is 2.66. The Hall–Kier alpha value is -1.58. The van der Waals surface area contributed by atoms with Crippen LogP contribution in [-0.4, -0.2) is 35.9 Å². The topological polar surface area (TPSA) is 45.2 Å². The van der Waals surface area contributed by atoms with Crippen molar-refractivity contribution in [2.24, 2.45) is 0 Å². The number of amides is 1. The van der Waals surface area contributed by atoms with Crippen molar-refractivity contribution in [3.05, 3.63) is 23.4 Å². The Morgan fingerprint density at radius 2 is 1.89 bits per heavy atom. The van der Waals surface area contributed by atoms with Crippen molar-refractivity contribution < 1.29 is 4.79 Å². The largest absolute Gasteiger partial charge is 0.373 e. The number of likely N-dealkylation sites (tertiary alicyclic amines) is 1. The van der Waals surface area contributed by atoms with E-state index in [2.05, 4.69) is 31.1 Å². The Morgan fingerprint density at radius 1 is 1.26 bits per heavy atom. The lowest BCUT2D eigenvalue weighted by Gasteiger charge is -2.21. The molecule has 0 spiro atoms. The molecule has 4 heteroatoms. The minimum atomic E-state index is -0.0626. The summed E-state index contributed by atoms with van der Waals surface area (Å²) in [4.78, 5) is 18.9. The van der Waals surface area contributed by atoms with Gasteiger partial charge in [0.1, 0.15) is 5.82 Å². The first-order chi connectivity index (χ1) is 8.91. The number of rotatable bonds is 2. The maximum Gasteiger partial charge on any atom is 0.254 e. The molecule has 2 heterocycles. The quantitative estimate of drug-likeness (QED) is 0.890. The SMILES string of the molecule is CNc1cc(C(=O)N2CCCC2)cc(C(C)(C)C)n1. The predicted molar refractivity (Wildman–Crippen MR) is 77.6 cm³/mol. The molecule has 1 aliphatic rings. The molecule has 1 fully saturated rings. The summed E-state index contributed by atoms with van der Waals surface area (Å²) in [5, 5.41) is 3.04. The van der Waals surface area contributed by atoms with Gasteiger partial charge in [0.2, 0.25) is 0 Å². The van der Waals surface area contributed by atoms with Gasteiger partial charge in [-0.05, 0) is 25.0 Å². The van der Waals surface area contributed by atoms with Crippen LogP contribution in [0.2, 0.25) is 0 Å². The lowest BCUT2D eigenvalue weighted by Crippen LogP contribution is -2.28. The van der Waals surface area contributed by atoms with Crippen molar-refractivity contribution in [3.63, 3.8) is 0 Å². The summed E-state index contributed by atoms with van der Waals surface area (Å²) in [6, 6.07) is 3.78. The van der Waals surface area contributed by atoms with E-state index in [0.29, 0.717) is 0 Å². The minimum Gasteiger partial charge on any atom is -0.373 e. The summed E-state index contributed by atoms with van der Waals surface area (Å²) < 4.78 is 0. The molecule has 0 aromatic carbocycles. The fourth-order valence-electron chi connectivity index (χ4n) is 2.27. The molecular formula is C15H23N3O. The maximum atomic E-state index is 12.5. The molecule has 1 amide bonds. The van der Waals surface area contributed by atoms with E-state index in [1.807, 2.05) is 24.1 Å². The number of hydrogen-bond donors (Lipinski definition) is 1. The number of nitrogens with zero attached hydrogens (tertiary/aromatic N) is 2. The molecule has 19 heavy (non-hydrogen) atoms. The Labute approximate surface area is 115 Å². The highest BCUT2D eigenvalue weighted by Crippen LogP contribution is 2.24. The first kappa shape index (κ1) is 13.8. The lowest BCUT2D eigenvalue weighted by molar-refractivity contribution is 0.0792. The lowest BCUT2D eigenvalue weighted by atomic mass is 9.90. The Balaban J connectivity index is 2.36. The zero-order chi connectivity index (χ0) is 14.0. The molecule has 2 rings (SSSR count). The van der Waals surface area contributed by atoms with Crippen LogP contribution in [0.1, 0.15) is 49.7 Å². The van der Waals surface area contributed by atoms with Crippen LogP contribution in [0.25, 0.3) is 0 Å². The van der Waals surface area contributed by atoms with Crippen molar-refractivity contribution in [2.45, 2.75) is 39.0 Å². The van der Waals surface area contributed by atoms with Crippen LogP contribution in [0, 0.1) is 0 Å². The molecular weight excluding hydrogens is 238 g/mol. The van der Waals surface area contributed by atoms with Crippen LogP contribution in [0.3, 0.4) is 0 Å². The Morgan fingerprint density at radius 3 is 2.42 bits per heavy atom. The number of hydrogen-bond acceptors (Lipinski definition) is 3. The summed E-state index contributed by atoms with van der Waals surface area (Å²) in [6.45, 7) is 8.08. The average molecular weight is 261 g/mol. The molecule has 4 nitrogen and oxygen atoms in total. The molecule has 104 valence electrons. The zero-order valence-electron chi connectivity index (χ0n) is 12.3. The first-order valence-electron chi connectivity index (χ1n) is 6.91. The van der Waals surface area contributed by atoms with Gasteiger partial charge in [0, 0.05) is 36.8 Å². The third-order valence-electron chi connectivity index (χ3n) is 3.49. The van der Waals surface area contributed by atoms with E-state index >= 15 is 0 Å². The standard InChI is InChI=1S/C15H23N3O/c1-15(2,3)12-9-11(10-13(16-4)17-12)14(19)18-7-5-6-8-18/h9-10H,5-8H2,1-4H3,(H,16,17). The van der Waals surface area contributed by atoms with Crippen molar-refractivity contribution in [1.82, 2.24) is 9.88 Å². The number of aromatic nitrogens is 1. The van der Waals surface area contributed by atoms with Gasteiger partial charge in [-0.2, -0.15) is 0 Å². The molecule has 1 aromatic heterocycles. The summed E-state index contributed by atoms with van der Waals surface area (Å²) in [7, 11) is 1.83. The highest BCUT2D eigenvalue weighted by atomic mass is 16.2. The molecule has 0 aliphatic carbocycles. The van der Waals surface area contributed by atoms with E-state index in [0.717, 1.165) is 43.0 Å². The summed E-state index contributed by atoms with van der Waals surface area (Å²) in [6.07, 6.45) is 2.23. The van der Waals surface area contributed by atoms with Crippen LogP contribution in [0.4, 0.5) is 5.82 Å². The fourth-order valence-corrected chi connectivity index (χ4v) is 2.27. The van der Waals surface area contributed by atoms with E-state index < -0.39 is 0 Å². The number of carbonyl (C=O) groups excluding carboxylic acids is 1. The second-order valence-electron chi connectivity index (χ2n) is 6.13. The molecule has 1 saturated heterocycles. The number of anilines is 1. The summed E-state index contributed by atoms with van der Waals surface area (Å²) in [5.74, 6) is 0.886. The van der Waals surface area contributed by atoms with E-state index in [-0.39, 0.29) is 11.3 Å². The van der Waals surface area contributed by atoms with Crippen LogP contribution >= 0.6 is 0 Å². The van der Waals surface area contributed by atoms with Gasteiger partial charge in [0.25, 0.3) is 5.91 Å². The summed E-state index contributed by atoms with van der Waals surface area (Å²) >= 11 is 0. The monoisotopic (exact) mass is 261 g/mol. The van der Waals surface area contributed by atoms with Crippen LogP contribution in [0.5, 0.6) is 0 Å². The number of nitrogens with one attached hydrogen (secondary N) is 1. The number of carbonyl (C=O) groups is 1. The van der Waals surface area contributed by atoms with Crippen LogP contribution in [-0.2, 0) is 5.41 Å². The highest BCUT2D eigenvalue weighted by molar-refractivity contribution is 5.95. The second-order valence-corrected chi connectivity index (χ2v) is 6.13. The smallest absolute Gasteiger partial charge is 0.254 e. The van der Waals surface area contributed by atoms with Crippen LogP contribution < -0.4 is 5.32 Å². The molecule has 0 unspecified atom stereocenters. The Kier molecular flexibility index (Phi) is 3.78. The Bertz CT molecular complexity index is 471. The minimum absolute atomic E-state index is 0.0626. The van der Waals surface area contributed by atoms with E-state index in [9.17, 15) is 4.79 Å². The third kappa shape index (κ3) is 3.06. The van der Waals surface area contributed by atoms with Gasteiger partial charge in [0.05, 0.1) is 0 Å². The van der Waals surface area contributed by atoms with Gasteiger partial charge < -0.3 is 10.2 Å². The molecule has 1 aliphatic heterocycles. The van der Waals surface area contributed by atoms with Gasteiger partial charge in [-0.15, -0.1) is 0 Å². The van der Waals surface area contributed by atoms with Crippen molar-refractivity contribution in [3.8, 4) is 0 Å². The average Bonchev–Trinajstić information content (AvgIpc) is 2.90. The first-order valence-corrected chi connectivity index (χ1v) is 6.91. The van der Waals surface area contributed by atoms with Crippen LogP contribution in [0.15, 0.2) is 12.1 Å². The van der Waals surface area contributed by atoms with Crippen molar-refractivity contribution in [1.29, 1.82) is 0 Å². The molecule has 0 radical (unpaired) electrons. The highest BCUT2D eigenvalue weighted by Gasteiger charge is 2.23. The fraction of sp³-hybridized carbons (Fsp3) is 0.600. The van der Waals surface area contributed by atoms with Gasteiger partial charge in [-0.25, -0.2) is 4.98 Å². The van der Waals surface area contributed by atoms with Gasteiger partial charge in [0.15, 0.2) is 0 Å². The van der Waals surface area contributed by atoms with E-state index in [1.54, 1.807) is 0 Å². The molecule has 0 atom stereocenters. The molecule has 1 aromatic rings. The van der Waals surface area contributed by atoms with E-state index in [1.165, 1.54) is 0 Å². The van der Waals surface area contributed by atoms with Gasteiger partial charge in [-0.1, -0.05) is 20.8 Å². The van der Waals surface area contributed by atoms with Gasteiger partial charge >= 0.3 is 0 Å². The summed E-state index contributed by atoms with van der Waals surface area (Å²) in [5.41, 5.74) is 1.63. The molecule has 0 bridgehead atoms. The molecule has 0 saturated carbocycles. The normalized spacial score (nSPS) is 15.7. The van der Waals surface area contributed by atoms with Gasteiger partial charge in [-0.3, -0.25) is 4.79 Å². The van der Waals surface area contributed by atoms with E-state index in [4.69, 9.17) is 0 Å².